The molecule has 0 aliphatic heterocycles. The normalized spacial score (nSPS) is 11.8. The molecule has 0 saturated heterocycles. The van der Waals surface area contributed by atoms with Crippen molar-refractivity contribution in [2.45, 2.75) is 20.3 Å². The van der Waals surface area contributed by atoms with Gasteiger partial charge in [-0.25, -0.2) is 0 Å². The van der Waals surface area contributed by atoms with E-state index in [-0.39, 0.29) is 5.97 Å². The Balaban J connectivity index is 3.99. The highest BCUT2D eigenvalue weighted by Crippen LogP contribution is 2.04. The second kappa shape index (κ2) is 7.40. The van der Waals surface area contributed by atoms with E-state index in [4.69, 9.17) is 4.74 Å². The van der Waals surface area contributed by atoms with E-state index in [2.05, 4.69) is 5.32 Å². The molecular weight excluding hydrogens is 166 g/mol. The maximum Gasteiger partial charge on any atom is 0.310 e. The Morgan fingerprint density at radius 3 is 2.69 bits per heavy atom. The molecule has 0 heterocycles. The van der Waals surface area contributed by atoms with Gasteiger partial charge in [0, 0.05) is 7.05 Å². The van der Waals surface area contributed by atoms with Gasteiger partial charge in [0.15, 0.2) is 0 Å². The molecule has 13 heavy (non-hydrogen) atoms. The van der Waals surface area contributed by atoms with Crippen LogP contribution in [0.2, 0.25) is 0 Å². The molecule has 0 aromatic carbocycles. The lowest BCUT2D eigenvalue weighted by Gasteiger charge is -2.01. The number of esters is 1. The van der Waals surface area contributed by atoms with Crippen molar-refractivity contribution in [3.63, 3.8) is 0 Å². The average molecular weight is 183 g/mol. The molecule has 0 amide bonds. The van der Waals surface area contributed by atoms with Crippen LogP contribution in [0.1, 0.15) is 20.3 Å². The number of nitrogens with one attached hydrogen (secondary N) is 1. The Hall–Kier alpha value is -1.25. The van der Waals surface area contributed by atoms with Gasteiger partial charge in [0.1, 0.15) is 0 Å². The zero-order chi connectivity index (χ0) is 10.1. The summed E-state index contributed by atoms with van der Waals surface area (Å²) in [5, 5.41) is 2.86. The lowest BCUT2D eigenvalue weighted by molar-refractivity contribution is -0.142. The third-order valence-corrected chi connectivity index (χ3v) is 1.49. The van der Waals surface area contributed by atoms with E-state index < -0.39 is 0 Å². The maximum absolute atomic E-state index is 11.1. The second-order valence-electron chi connectivity index (χ2n) is 2.47. The van der Waals surface area contributed by atoms with Crippen LogP contribution in [0.4, 0.5) is 0 Å². The molecule has 0 unspecified atom stereocenters. The first-order valence-electron chi connectivity index (χ1n) is 4.39. The zero-order valence-electron chi connectivity index (χ0n) is 8.46. The fourth-order valence-corrected chi connectivity index (χ4v) is 0.826. The van der Waals surface area contributed by atoms with E-state index in [0.29, 0.717) is 13.0 Å². The maximum atomic E-state index is 11.1. The first-order chi connectivity index (χ1) is 6.24. The van der Waals surface area contributed by atoms with E-state index in [0.717, 1.165) is 5.57 Å². The second-order valence-corrected chi connectivity index (χ2v) is 2.47. The van der Waals surface area contributed by atoms with Crippen LogP contribution in [0.3, 0.4) is 0 Å². The average Bonchev–Trinajstić information content (AvgIpc) is 2.12. The van der Waals surface area contributed by atoms with E-state index in [9.17, 15) is 4.79 Å². The van der Waals surface area contributed by atoms with Gasteiger partial charge in [-0.1, -0.05) is 6.08 Å². The molecule has 0 aromatic rings. The Morgan fingerprint density at radius 1 is 1.54 bits per heavy atom. The summed E-state index contributed by atoms with van der Waals surface area (Å²) in [6, 6.07) is 0. The van der Waals surface area contributed by atoms with Gasteiger partial charge in [-0.2, -0.15) is 0 Å². The number of hydrogen-bond donors (Lipinski definition) is 1. The highest BCUT2D eigenvalue weighted by atomic mass is 16.5. The van der Waals surface area contributed by atoms with Crippen molar-refractivity contribution in [1.82, 2.24) is 5.32 Å². The van der Waals surface area contributed by atoms with E-state index in [1.165, 1.54) is 0 Å². The van der Waals surface area contributed by atoms with Crippen LogP contribution < -0.4 is 5.32 Å². The fraction of sp³-hybridized carbons (Fsp3) is 0.500. The predicted molar refractivity (Wildman–Crippen MR) is 53.2 cm³/mol. The third-order valence-electron chi connectivity index (χ3n) is 1.49. The molecule has 0 aromatic heterocycles. The Kier molecular flexibility index (Phi) is 6.69. The highest BCUT2D eigenvalue weighted by molar-refractivity contribution is 5.73. The standard InChI is InChI=1S/C10H17NO2/c1-4-9(6-7-11-3)8-10(12)13-5-2/h4,6-7,11H,5,8H2,1-3H3/b7-6-,9-4+. The number of hydrogen-bond acceptors (Lipinski definition) is 3. The molecule has 3 heteroatoms. The van der Waals surface area contributed by atoms with E-state index in [1.807, 2.05) is 26.1 Å². The molecule has 0 radical (unpaired) electrons. The SMILES string of the molecule is C/C=C(\C=C/NC)CC(=O)OCC. The quantitative estimate of drug-likeness (QED) is 0.520. The minimum atomic E-state index is -0.184. The molecular formula is C10H17NO2. The number of carbonyl (C=O) groups excluding carboxylic acids is 1. The summed E-state index contributed by atoms with van der Waals surface area (Å²) in [4.78, 5) is 11.1. The van der Waals surface area contributed by atoms with Crippen LogP contribution in [-0.2, 0) is 9.53 Å². The minimum absolute atomic E-state index is 0.184. The van der Waals surface area contributed by atoms with Gasteiger partial charge in [0.25, 0.3) is 0 Å². The van der Waals surface area contributed by atoms with Crippen LogP contribution in [-0.4, -0.2) is 19.6 Å². The summed E-state index contributed by atoms with van der Waals surface area (Å²) < 4.78 is 4.82. The third kappa shape index (κ3) is 5.96. The summed E-state index contributed by atoms with van der Waals surface area (Å²) >= 11 is 0. The van der Waals surface area contributed by atoms with Crippen molar-refractivity contribution in [2.24, 2.45) is 0 Å². The number of rotatable bonds is 5. The lowest BCUT2D eigenvalue weighted by Crippen LogP contribution is -2.04. The van der Waals surface area contributed by atoms with E-state index >= 15 is 0 Å². The van der Waals surface area contributed by atoms with E-state index in [1.54, 1.807) is 13.1 Å². The summed E-state index contributed by atoms with van der Waals surface area (Å²) in [6.07, 6.45) is 5.87. The molecule has 74 valence electrons. The van der Waals surface area contributed by atoms with Crippen molar-refractivity contribution in [3.8, 4) is 0 Å². The molecule has 3 nitrogen and oxygen atoms in total. The Morgan fingerprint density at radius 2 is 2.23 bits per heavy atom. The van der Waals surface area contributed by atoms with Gasteiger partial charge in [0.2, 0.25) is 0 Å². The van der Waals surface area contributed by atoms with Crippen molar-refractivity contribution in [2.75, 3.05) is 13.7 Å². The smallest absolute Gasteiger partial charge is 0.310 e. The first-order valence-corrected chi connectivity index (χ1v) is 4.39. The van der Waals surface area contributed by atoms with Crippen LogP contribution in [0.15, 0.2) is 23.9 Å². The fourth-order valence-electron chi connectivity index (χ4n) is 0.826. The zero-order valence-corrected chi connectivity index (χ0v) is 8.46. The minimum Gasteiger partial charge on any atom is -0.466 e. The first kappa shape index (κ1) is 11.8. The van der Waals surface area contributed by atoms with Gasteiger partial charge in [0.05, 0.1) is 13.0 Å². The molecule has 0 spiro atoms. The Bertz CT molecular complexity index is 207. The molecule has 1 N–H and O–H groups in total. The number of carbonyl (C=O) groups is 1. The Labute approximate surface area is 79.5 Å². The summed E-state index contributed by atoms with van der Waals surface area (Å²) in [6.45, 7) is 4.14. The molecule has 0 fully saturated rings. The van der Waals surface area contributed by atoms with Gasteiger partial charge in [-0.05, 0) is 31.7 Å². The van der Waals surface area contributed by atoms with Crippen molar-refractivity contribution in [3.05, 3.63) is 23.9 Å². The van der Waals surface area contributed by atoms with Crippen LogP contribution in [0.5, 0.6) is 0 Å². The molecule has 0 aliphatic carbocycles. The van der Waals surface area contributed by atoms with Crippen LogP contribution >= 0.6 is 0 Å². The van der Waals surface area contributed by atoms with Crippen molar-refractivity contribution in [1.29, 1.82) is 0 Å². The van der Waals surface area contributed by atoms with Gasteiger partial charge in [-0.3, -0.25) is 4.79 Å². The van der Waals surface area contributed by atoms with Gasteiger partial charge < -0.3 is 10.1 Å². The predicted octanol–water partition coefficient (Wildman–Crippen LogP) is 1.62. The summed E-state index contributed by atoms with van der Waals surface area (Å²) in [5.41, 5.74) is 0.952. The molecule has 0 atom stereocenters. The molecule has 0 bridgehead atoms. The molecule has 0 saturated carbocycles. The van der Waals surface area contributed by atoms with Crippen molar-refractivity contribution < 1.29 is 9.53 Å². The lowest BCUT2D eigenvalue weighted by atomic mass is 10.2. The summed E-state index contributed by atoms with van der Waals surface area (Å²) in [5.74, 6) is -0.184. The number of ether oxygens (including phenoxy) is 1. The van der Waals surface area contributed by atoms with Gasteiger partial charge >= 0.3 is 5.97 Å². The largest absolute Gasteiger partial charge is 0.466 e. The molecule has 0 aliphatic rings. The number of allylic oxidation sites excluding steroid dienone is 2. The van der Waals surface area contributed by atoms with Crippen LogP contribution in [0.25, 0.3) is 0 Å². The van der Waals surface area contributed by atoms with Crippen LogP contribution in [0, 0.1) is 0 Å². The monoisotopic (exact) mass is 183 g/mol. The summed E-state index contributed by atoms with van der Waals surface area (Å²) in [7, 11) is 1.81. The topological polar surface area (TPSA) is 38.3 Å². The highest BCUT2D eigenvalue weighted by Gasteiger charge is 2.02. The molecule has 0 rings (SSSR count). The van der Waals surface area contributed by atoms with Gasteiger partial charge in [-0.15, -0.1) is 0 Å². The van der Waals surface area contributed by atoms with Crippen molar-refractivity contribution >= 4 is 5.97 Å².